The largest absolute Gasteiger partial charge is 0.493 e. The Bertz CT molecular complexity index is 982. The van der Waals surface area contributed by atoms with Gasteiger partial charge in [0.05, 0.1) is 5.69 Å². The van der Waals surface area contributed by atoms with Crippen LogP contribution in [0.25, 0.3) is 10.8 Å². The van der Waals surface area contributed by atoms with Crippen LogP contribution in [0.5, 0.6) is 5.88 Å². The van der Waals surface area contributed by atoms with Crippen molar-refractivity contribution >= 4 is 10.8 Å². The van der Waals surface area contributed by atoms with Gasteiger partial charge in [0.15, 0.2) is 0 Å². The number of unbranched alkanes of at least 4 members (excludes halogenated alkanes) is 1. The van der Waals surface area contributed by atoms with Crippen molar-refractivity contribution in [2.75, 3.05) is 13.1 Å². The van der Waals surface area contributed by atoms with E-state index < -0.39 is 0 Å². The van der Waals surface area contributed by atoms with Gasteiger partial charge < -0.3 is 10.4 Å². The number of aromatic hydroxyl groups is 1. The molecule has 0 atom stereocenters. The molecule has 142 valence electrons. The molecule has 0 bridgehead atoms. The van der Waals surface area contributed by atoms with Crippen LogP contribution in [0.1, 0.15) is 30.5 Å². The summed E-state index contributed by atoms with van der Waals surface area (Å²) in [6, 6.07) is 15.0. The molecule has 2 N–H and O–H groups in total. The lowest BCUT2D eigenvalue weighted by Crippen LogP contribution is -2.24. The molecule has 27 heavy (non-hydrogen) atoms. The summed E-state index contributed by atoms with van der Waals surface area (Å²) in [6.45, 7) is 3.20. The van der Waals surface area contributed by atoms with E-state index >= 15 is 0 Å². The average molecular weight is 365 g/mol. The smallest absolute Gasteiger partial charge is 0.331 e. The maximum atomic E-state index is 12.3. The first-order valence-corrected chi connectivity index (χ1v) is 9.94. The SMILES string of the molecule is O=c1n(CCCCNCCc2cccc3ccccc23)c(O)c2n1CCC2. The Morgan fingerprint density at radius 3 is 2.78 bits per heavy atom. The monoisotopic (exact) mass is 365 g/mol. The minimum atomic E-state index is -0.0519. The van der Waals surface area contributed by atoms with Crippen molar-refractivity contribution in [3.05, 3.63) is 64.2 Å². The number of benzene rings is 2. The number of nitrogens with one attached hydrogen (secondary N) is 1. The van der Waals surface area contributed by atoms with Gasteiger partial charge in [-0.3, -0.25) is 9.13 Å². The van der Waals surface area contributed by atoms with E-state index in [1.165, 1.54) is 20.9 Å². The van der Waals surface area contributed by atoms with Gasteiger partial charge in [0.2, 0.25) is 5.88 Å². The van der Waals surface area contributed by atoms with Crippen molar-refractivity contribution in [1.82, 2.24) is 14.5 Å². The summed E-state index contributed by atoms with van der Waals surface area (Å²) in [5.74, 6) is 0.182. The van der Waals surface area contributed by atoms with Gasteiger partial charge >= 0.3 is 5.69 Å². The summed E-state index contributed by atoms with van der Waals surface area (Å²) in [7, 11) is 0. The number of hydrogen-bond acceptors (Lipinski definition) is 3. The van der Waals surface area contributed by atoms with Crippen molar-refractivity contribution in [2.45, 2.75) is 45.2 Å². The molecule has 5 nitrogen and oxygen atoms in total. The van der Waals surface area contributed by atoms with E-state index in [0.717, 1.165) is 57.4 Å². The summed E-state index contributed by atoms with van der Waals surface area (Å²) in [4.78, 5) is 12.3. The van der Waals surface area contributed by atoms with Crippen molar-refractivity contribution in [2.24, 2.45) is 0 Å². The molecule has 0 saturated heterocycles. The fourth-order valence-electron chi connectivity index (χ4n) is 4.09. The van der Waals surface area contributed by atoms with Crippen LogP contribution in [-0.4, -0.2) is 27.3 Å². The molecule has 0 unspecified atom stereocenters. The minimum absolute atomic E-state index is 0.0519. The summed E-state index contributed by atoms with van der Waals surface area (Å²) < 4.78 is 3.25. The highest BCUT2D eigenvalue weighted by atomic mass is 16.3. The van der Waals surface area contributed by atoms with Gasteiger partial charge in [0.1, 0.15) is 0 Å². The lowest BCUT2D eigenvalue weighted by molar-refractivity contribution is 0.400. The predicted molar refractivity (Wildman–Crippen MR) is 108 cm³/mol. The molecule has 2 aromatic carbocycles. The van der Waals surface area contributed by atoms with E-state index in [1.807, 2.05) is 0 Å². The first-order valence-electron chi connectivity index (χ1n) is 9.94. The molecule has 1 aliphatic heterocycles. The summed E-state index contributed by atoms with van der Waals surface area (Å²) in [5.41, 5.74) is 2.14. The molecule has 1 aliphatic rings. The number of rotatable bonds is 8. The van der Waals surface area contributed by atoms with Crippen LogP contribution in [0, 0.1) is 0 Å². The number of aromatic nitrogens is 2. The molecule has 0 radical (unpaired) electrons. The van der Waals surface area contributed by atoms with E-state index in [2.05, 4.69) is 47.8 Å². The van der Waals surface area contributed by atoms with E-state index in [0.29, 0.717) is 6.54 Å². The lowest BCUT2D eigenvalue weighted by atomic mass is 10.0. The van der Waals surface area contributed by atoms with E-state index in [9.17, 15) is 9.90 Å². The molecule has 0 amide bonds. The van der Waals surface area contributed by atoms with Crippen LogP contribution in [-0.2, 0) is 25.9 Å². The maximum absolute atomic E-state index is 12.3. The number of nitrogens with zero attached hydrogens (tertiary/aromatic N) is 2. The molecular weight excluding hydrogens is 338 g/mol. The van der Waals surface area contributed by atoms with Crippen molar-refractivity contribution in [3.63, 3.8) is 0 Å². The molecule has 5 heteroatoms. The predicted octanol–water partition coefficient (Wildman–Crippen LogP) is 3.07. The number of imidazole rings is 1. The van der Waals surface area contributed by atoms with E-state index in [-0.39, 0.29) is 11.6 Å². The Kier molecular flexibility index (Phi) is 5.30. The third-order valence-corrected chi connectivity index (χ3v) is 5.53. The van der Waals surface area contributed by atoms with Crippen molar-refractivity contribution in [1.29, 1.82) is 0 Å². The van der Waals surface area contributed by atoms with Gasteiger partial charge in [-0.25, -0.2) is 4.79 Å². The van der Waals surface area contributed by atoms with E-state index in [1.54, 1.807) is 4.57 Å². The molecule has 1 aromatic heterocycles. The molecule has 3 aromatic rings. The highest BCUT2D eigenvalue weighted by Crippen LogP contribution is 2.23. The van der Waals surface area contributed by atoms with Crippen LogP contribution in [0.3, 0.4) is 0 Å². The second kappa shape index (κ2) is 8.01. The zero-order valence-corrected chi connectivity index (χ0v) is 15.7. The van der Waals surface area contributed by atoms with Gasteiger partial charge in [-0.1, -0.05) is 42.5 Å². The van der Waals surface area contributed by atoms with Gasteiger partial charge in [-0.15, -0.1) is 0 Å². The second-order valence-corrected chi connectivity index (χ2v) is 7.31. The van der Waals surface area contributed by atoms with Crippen LogP contribution in [0.2, 0.25) is 0 Å². The second-order valence-electron chi connectivity index (χ2n) is 7.31. The Morgan fingerprint density at radius 2 is 1.89 bits per heavy atom. The summed E-state index contributed by atoms with van der Waals surface area (Å²) >= 11 is 0. The Morgan fingerprint density at radius 1 is 1.04 bits per heavy atom. The third-order valence-electron chi connectivity index (χ3n) is 5.53. The summed E-state index contributed by atoms with van der Waals surface area (Å²) in [5, 5.41) is 16.3. The molecule has 0 saturated carbocycles. The normalized spacial score (nSPS) is 13.3. The zero-order chi connectivity index (χ0) is 18.6. The molecule has 0 aliphatic carbocycles. The first-order chi connectivity index (χ1) is 13.3. The lowest BCUT2D eigenvalue weighted by Gasteiger charge is -2.08. The molecule has 0 fully saturated rings. The Balaban J connectivity index is 1.21. The topological polar surface area (TPSA) is 59.2 Å². The van der Waals surface area contributed by atoms with Crippen LogP contribution in [0.4, 0.5) is 0 Å². The van der Waals surface area contributed by atoms with Crippen LogP contribution >= 0.6 is 0 Å². The van der Waals surface area contributed by atoms with Crippen molar-refractivity contribution < 1.29 is 5.11 Å². The van der Waals surface area contributed by atoms with Crippen molar-refractivity contribution in [3.8, 4) is 5.88 Å². The first kappa shape index (κ1) is 17.9. The molecule has 2 heterocycles. The Labute approximate surface area is 159 Å². The standard InChI is InChI=1S/C22H27N3O2/c26-21-20-11-6-16-24(20)22(27)25(21)15-4-3-13-23-14-12-18-9-5-8-17-7-1-2-10-19(17)18/h1-2,5,7-10,23,26H,3-4,6,11-16H2. The minimum Gasteiger partial charge on any atom is -0.493 e. The fraction of sp³-hybridized carbons (Fsp3) is 0.409. The number of fused-ring (bicyclic) bond motifs is 2. The Hall–Kier alpha value is -2.53. The van der Waals surface area contributed by atoms with Gasteiger partial charge in [-0.2, -0.15) is 0 Å². The van der Waals surface area contributed by atoms with Crippen LogP contribution < -0.4 is 11.0 Å². The highest BCUT2D eigenvalue weighted by molar-refractivity contribution is 5.85. The average Bonchev–Trinajstić information content (AvgIpc) is 3.26. The molecule has 0 spiro atoms. The van der Waals surface area contributed by atoms with E-state index in [4.69, 9.17) is 0 Å². The maximum Gasteiger partial charge on any atom is 0.331 e. The van der Waals surface area contributed by atoms with Crippen LogP contribution in [0.15, 0.2) is 47.3 Å². The van der Waals surface area contributed by atoms with Gasteiger partial charge in [0, 0.05) is 13.1 Å². The quantitative estimate of drug-likeness (QED) is 0.603. The number of hydrogen-bond donors (Lipinski definition) is 2. The fourth-order valence-corrected chi connectivity index (χ4v) is 4.09. The molecular formula is C22H27N3O2. The zero-order valence-electron chi connectivity index (χ0n) is 15.7. The third kappa shape index (κ3) is 3.65. The molecule has 4 rings (SSSR count). The summed E-state index contributed by atoms with van der Waals surface area (Å²) in [6.07, 6.45) is 4.65. The van der Waals surface area contributed by atoms with Gasteiger partial charge in [0.25, 0.3) is 0 Å². The van der Waals surface area contributed by atoms with Gasteiger partial charge in [-0.05, 0) is 61.5 Å². The highest BCUT2D eigenvalue weighted by Gasteiger charge is 2.22.